The minimum Gasteiger partial charge on any atom is -0.284 e. The Kier molecular flexibility index (Phi) is 4.55. The molecule has 3 aromatic carbocycles. The molecule has 0 N–H and O–H groups in total. The third-order valence-electron chi connectivity index (χ3n) is 5.84. The molecule has 0 fully saturated rings. The van der Waals surface area contributed by atoms with Gasteiger partial charge in [-0.1, -0.05) is 73.7 Å². The summed E-state index contributed by atoms with van der Waals surface area (Å²) in [5, 5.41) is 2.43. The summed E-state index contributed by atoms with van der Waals surface area (Å²) in [5.41, 5.74) is 3.27. The fraction of sp³-hybridized carbons (Fsp3) is 0.192. The molecule has 4 heteroatoms. The second-order valence-electron chi connectivity index (χ2n) is 7.83. The van der Waals surface area contributed by atoms with E-state index in [0.29, 0.717) is 35.6 Å². The van der Waals surface area contributed by atoms with Crippen LogP contribution in [0.15, 0.2) is 73.1 Å². The van der Waals surface area contributed by atoms with Crippen LogP contribution in [0.4, 0.5) is 0 Å². The number of aryl methyl sites for hydroxylation is 3. The quantitative estimate of drug-likeness (QED) is 0.415. The van der Waals surface area contributed by atoms with Crippen LogP contribution in [0, 0.1) is 0 Å². The van der Waals surface area contributed by atoms with Crippen molar-refractivity contribution in [2.24, 2.45) is 0 Å². The molecule has 4 aromatic rings. The Hall–Kier alpha value is -3.53. The van der Waals surface area contributed by atoms with Crippen molar-refractivity contribution >= 4 is 22.3 Å². The van der Waals surface area contributed by atoms with Crippen LogP contribution in [0.2, 0.25) is 0 Å². The second-order valence-corrected chi connectivity index (χ2v) is 7.83. The highest BCUT2D eigenvalue weighted by atomic mass is 16.1. The van der Waals surface area contributed by atoms with Crippen molar-refractivity contribution in [2.45, 2.75) is 32.9 Å². The largest absolute Gasteiger partial charge is 0.284 e. The smallest absolute Gasteiger partial charge is 0.244 e. The van der Waals surface area contributed by atoms with Crippen molar-refractivity contribution in [3.63, 3.8) is 0 Å². The molecule has 30 heavy (non-hydrogen) atoms. The first-order valence-corrected chi connectivity index (χ1v) is 10.5. The maximum atomic E-state index is 13.3. The fourth-order valence-corrected chi connectivity index (χ4v) is 4.39. The average molecular weight is 395 g/mol. The van der Waals surface area contributed by atoms with Crippen LogP contribution in [0.3, 0.4) is 0 Å². The molecule has 1 aliphatic carbocycles. The molecule has 4 nitrogen and oxygen atoms in total. The van der Waals surface area contributed by atoms with Gasteiger partial charge in [0.05, 0.1) is 13.1 Å². The molecule has 0 saturated carbocycles. The summed E-state index contributed by atoms with van der Waals surface area (Å²) in [6, 6.07) is 21.9. The molecular formula is C26H23N2O2+. The van der Waals surface area contributed by atoms with Crippen LogP contribution in [0.25, 0.3) is 10.8 Å². The lowest BCUT2D eigenvalue weighted by atomic mass is 9.90. The molecule has 0 atom stereocenters. The average Bonchev–Trinajstić information content (AvgIpc) is 3.15. The first kappa shape index (κ1) is 18.5. The normalized spacial score (nSPS) is 12.8. The zero-order valence-corrected chi connectivity index (χ0v) is 17.0. The minimum atomic E-state index is -0.0615. The zero-order valence-electron chi connectivity index (χ0n) is 17.0. The van der Waals surface area contributed by atoms with Gasteiger partial charge in [-0.15, -0.1) is 0 Å². The molecule has 0 spiro atoms. The zero-order chi connectivity index (χ0) is 20.7. The van der Waals surface area contributed by atoms with Crippen molar-refractivity contribution in [3.05, 3.63) is 101 Å². The molecule has 0 bridgehead atoms. The van der Waals surface area contributed by atoms with Gasteiger partial charge in [-0.3, -0.25) is 9.59 Å². The predicted octanol–water partition coefficient (Wildman–Crippen LogP) is 4.36. The standard InChI is InChI=1S/C26H23N2O2/c1-2-14-27-17-28(15-13-18-11-12-19-7-3-4-8-20(19)16-18)24-23(27)25(29)21-9-5-6-10-22(21)26(24)30/h3-12,16-17H,2,13-15H2,1H3/q+1. The van der Waals surface area contributed by atoms with E-state index in [2.05, 4.69) is 37.3 Å². The lowest BCUT2D eigenvalue weighted by Gasteiger charge is -2.13. The number of hydrogen-bond acceptors (Lipinski definition) is 2. The number of hydrogen-bond donors (Lipinski definition) is 0. The first-order valence-electron chi connectivity index (χ1n) is 10.5. The van der Waals surface area contributed by atoms with E-state index in [1.807, 2.05) is 39.7 Å². The van der Waals surface area contributed by atoms with Gasteiger partial charge in [0, 0.05) is 17.5 Å². The summed E-state index contributed by atoms with van der Waals surface area (Å²) >= 11 is 0. The van der Waals surface area contributed by atoms with Crippen LogP contribution in [-0.4, -0.2) is 16.1 Å². The molecule has 0 radical (unpaired) electrons. The van der Waals surface area contributed by atoms with Crippen LogP contribution in [0.1, 0.15) is 51.0 Å². The summed E-state index contributed by atoms with van der Waals surface area (Å²) in [6.45, 7) is 3.44. The van der Waals surface area contributed by atoms with Gasteiger partial charge < -0.3 is 0 Å². The second kappa shape index (κ2) is 7.38. The number of benzene rings is 3. The van der Waals surface area contributed by atoms with E-state index in [1.54, 1.807) is 12.1 Å². The van der Waals surface area contributed by atoms with Gasteiger partial charge in [0.25, 0.3) is 0 Å². The molecule has 1 aliphatic rings. The lowest BCUT2D eigenvalue weighted by molar-refractivity contribution is -0.698. The number of ketones is 2. The number of rotatable bonds is 5. The summed E-state index contributed by atoms with van der Waals surface area (Å²) in [6.07, 6.45) is 3.63. The molecule has 1 heterocycles. The van der Waals surface area contributed by atoms with E-state index < -0.39 is 0 Å². The highest BCUT2D eigenvalue weighted by Crippen LogP contribution is 2.26. The highest BCUT2D eigenvalue weighted by Gasteiger charge is 2.40. The van der Waals surface area contributed by atoms with E-state index in [4.69, 9.17) is 0 Å². The van der Waals surface area contributed by atoms with E-state index in [-0.39, 0.29) is 11.6 Å². The third kappa shape index (κ3) is 2.96. The number of fused-ring (bicyclic) bond motifs is 3. The molecule has 148 valence electrons. The fourth-order valence-electron chi connectivity index (χ4n) is 4.39. The van der Waals surface area contributed by atoms with Crippen LogP contribution in [0.5, 0.6) is 0 Å². The Balaban J connectivity index is 1.52. The van der Waals surface area contributed by atoms with E-state index >= 15 is 0 Å². The van der Waals surface area contributed by atoms with Gasteiger partial charge in [-0.2, -0.15) is 0 Å². The summed E-state index contributed by atoms with van der Waals surface area (Å²) in [5.74, 6) is -0.119. The van der Waals surface area contributed by atoms with Gasteiger partial charge in [-0.05, 0) is 22.8 Å². The Labute approximate surface area is 175 Å². The van der Waals surface area contributed by atoms with Gasteiger partial charge in [0.1, 0.15) is 0 Å². The number of carbonyl (C=O) groups is 2. The van der Waals surface area contributed by atoms with Gasteiger partial charge >= 0.3 is 0 Å². The summed E-state index contributed by atoms with van der Waals surface area (Å²) in [7, 11) is 0. The minimum absolute atomic E-state index is 0.0573. The third-order valence-corrected chi connectivity index (χ3v) is 5.84. The van der Waals surface area contributed by atoms with E-state index in [9.17, 15) is 9.59 Å². The van der Waals surface area contributed by atoms with E-state index in [0.717, 1.165) is 12.8 Å². The molecule has 0 saturated heterocycles. The Morgan fingerprint density at radius 3 is 2.30 bits per heavy atom. The highest BCUT2D eigenvalue weighted by molar-refractivity contribution is 6.26. The first-order chi connectivity index (χ1) is 14.7. The summed E-state index contributed by atoms with van der Waals surface area (Å²) < 4.78 is 3.92. The van der Waals surface area contributed by atoms with Crippen molar-refractivity contribution in [1.29, 1.82) is 0 Å². The topological polar surface area (TPSA) is 43.0 Å². The Bertz CT molecular complexity index is 1300. The van der Waals surface area contributed by atoms with Crippen molar-refractivity contribution in [3.8, 4) is 0 Å². The van der Waals surface area contributed by atoms with Gasteiger partial charge in [-0.25, -0.2) is 9.13 Å². The van der Waals surface area contributed by atoms with E-state index in [1.165, 1.54) is 16.3 Å². The number of carbonyl (C=O) groups excluding carboxylic acids is 2. The number of nitrogens with zero attached hydrogens (tertiary/aromatic N) is 2. The molecule has 0 unspecified atom stereocenters. The monoisotopic (exact) mass is 395 g/mol. The molecule has 1 aromatic heterocycles. The lowest BCUT2D eigenvalue weighted by Crippen LogP contribution is -2.40. The van der Waals surface area contributed by atoms with Crippen LogP contribution in [-0.2, 0) is 19.5 Å². The van der Waals surface area contributed by atoms with Crippen molar-refractivity contribution in [1.82, 2.24) is 4.57 Å². The number of aromatic nitrogens is 2. The molecule has 0 aliphatic heterocycles. The maximum absolute atomic E-state index is 13.3. The Morgan fingerprint density at radius 1 is 0.833 bits per heavy atom. The van der Waals surface area contributed by atoms with Gasteiger partial charge in [0.2, 0.25) is 29.3 Å². The van der Waals surface area contributed by atoms with Crippen LogP contribution >= 0.6 is 0 Å². The van der Waals surface area contributed by atoms with Gasteiger partial charge in [0.15, 0.2) is 0 Å². The van der Waals surface area contributed by atoms with Crippen molar-refractivity contribution < 1.29 is 14.2 Å². The van der Waals surface area contributed by atoms with Crippen molar-refractivity contribution in [2.75, 3.05) is 0 Å². The molecule has 0 amide bonds. The maximum Gasteiger partial charge on any atom is 0.244 e. The predicted molar refractivity (Wildman–Crippen MR) is 116 cm³/mol. The summed E-state index contributed by atoms with van der Waals surface area (Å²) in [4.78, 5) is 26.5. The SMILES string of the molecule is CCC[n+]1cn(CCc2ccc3ccccc3c2)c2c1C(=O)c1ccccc1C2=O. The molecular weight excluding hydrogens is 372 g/mol. The Morgan fingerprint density at radius 2 is 1.53 bits per heavy atom. The van der Waals surface area contributed by atoms with Crippen LogP contribution < -0.4 is 4.57 Å². The number of imidazole rings is 1. The molecule has 5 rings (SSSR count).